The lowest BCUT2D eigenvalue weighted by Crippen LogP contribution is -2.38. The molecule has 0 bridgehead atoms. The third-order valence-corrected chi connectivity index (χ3v) is 2.09. The van der Waals surface area contributed by atoms with Gasteiger partial charge >= 0.3 is 12.1 Å². The lowest BCUT2D eigenvalue weighted by molar-refractivity contribution is -0.134. The predicted molar refractivity (Wildman–Crippen MR) is 73.8 cm³/mol. The second-order valence-corrected chi connectivity index (χ2v) is 5.76. The summed E-state index contributed by atoms with van der Waals surface area (Å²) >= 11 is 0. The number of rotatable bonds is 5. The van der Waals surface area contributed by atoms with Gasteiger partial charge in [-0.2, -0.15) is 0 Å². The molecule has 1 atom stereocenters. The highest BCUT2D eigenvalue weighted by Gasteiger charge is 2.19. The fraction of sp³-hybridized carbons (Fsp3) is 0.714. The summed E-state index contributed by atoms with van der Waals surface area (Å²) in [5, 5.41) is 2.73. The van der Waals surface area contributed by atoms with Gasteiger partial charge in [-0.1, -0.05) is 19.9 Å². The van der Waals surface area contributed by atoms with Crippen LogP contribution in [0.1, 0.15) is 41.0 Å². The third-order valence-electron chi connectivity index (χ3n) is 2.09. The van der Waals surface area contributed by atoms with Crippen molar-refractivity contribution in [1.82, 2.24) is 5.32 Å². The molecule has 5 nitrogen and oxygen atoms in total. The lowest BCUT2D eigenvalue weighted by Gasteiger charge is -2.23. The zero-order valence-electron chi connectivity index (χ0n) is 12.6. The Morgan fingerprint density at radius 1 is 1.26 bits per heavy atom. The summed E-state index contributed by atoms with van der Waals surface area (Å²) in [5.41, 5.74) is -0.543. The Hall–Kier alpha value is -1.52. The first-order valence-corrected chi connectivity index (χ1v) is 6.39. The Balaban J connectivity index is 4.55. The van der Waals surface area contributed by atoms with Gasteiger partial charge in [-0.15, -0.1) is 0 Å². The molecule has 1 amide bonds. The highest BCUT2D eigenvalue weighted by molar-refractivity contribution is 5.82. The first-order chi connectivity index (χ1) is 8.64. The van der Waals surface area contributed by atoms with Crippen molar-refractivity contribution in [1.29, 1.82) is 0 Å². The Labute approximate surface area is 115 Å². The van der Waals surface area contributed by atoms with Gasteiger partial charge < -0.3 is 14.8 Å². The Morgan fingerprint density at radius 2 is 1.84 bits per heavy atom. The number of carbonyl (C=O) groups excluding carboxylic acids is 2. The zero-order chi connectivity index (χ0) is 15.1. The molecule has 0 radical (unpaired) electrons. The third kappa shape index (κ3) is 10.1. The minimum atomic E-state index is -0.543. The first-order valence-electron chi connectivity index (χ1n) is 6.39. The van der Waals surface area contributed by atoms with E-state index in [2.05, 4.69) is 10.1 Å². The zero-order valence-corrected chi connectivity index (χ0v) is 12.6. The van der Waals surface area contributed by atoms with E-state index in [0.29, 0.717) is 12.3 Å². The van der Waals surface area contributed by atoms with Gasteiger partial charge in [-0.05, 0) is 33.1 Å². The molecule has 0 aromatic heterocycles. The van der Waals surface area contributed by atoms with Gasteiger partial charge in [-0.3, -0.25) is 0 Å². The quantitative estimate of drug-likeness (QED) is 0.616. The molecule has 1 N–H and O–H groups in total. The van der Waals surface area contributed by atoms with E-state index in [1.165, 1.54) is 13.2 Å². The Kier molecular flexibility index (Phi) is 7.19. The molecule has 0 heterocycles. The molecule has 0 rings (SSSR count). The normalized spacial score (nSPS) is 13.4. The smallest absolute Gasteiger partial charge is 0.408 e. The number of alkyl carbamates (subject to hydrolysis) is 1. The molecule has 0 aliphatic carbocycles. The molecule has 0 aromatic carbocycles. The molecular formula is C14H25NO4. The van der Waals surface area contributed by atoms with Crippen molar-refractivity contribution < 1.29 is 19.1 Å². The van der Waals surface area contributed by atoms with E-state index in [1.807, 2.05) is 13.8 Å². The maximum atomic E-state index is 11.7. The van der Waals surface area contributed by atoms with E-state index < -0.39 is 17.7 Å². The molecule has 0 saturated heterocycles. The maximum Gasteiger partial charge on any atom is 0.408 e. The molecule has 0 aliphatic heterocycles. The highest BCUT2D eigenvalue weighted by atomic mass is 16.6. The fourth-order valence-corrected chi connectivity index (χ4v) is 1.42. The minimum absolute atomic E-state index is 0.256. The monoisotopic (exact) mass is 271 g/mol. The number of hydrogen-bond acceptors (Lipinski definition) is 4. The van der Waals surface area contributed by atoms with E-state index in [-0.39, 0.29) is 6.04 Å². The van der Waals surface area contributed by atoms with Crippen LogP contribution in [-0.2, 0) is 14.3 Å². The highest BCUT2D eigenvalue weighted by Crippen LogP contribution is 2.10. The standard InChI is InChI=1S/C14H25NO4/c1-10(2)9-11(7-8-12(16)18-6)15-13(17)19-14(3,4)5/h7-8,10-11H,9H2,1-6H3,(H,15,17)/t11-/m1/s1. The minimum Gasteiger partial charge on any atom is -0.466 e. The maximum absolute atomic E-state index is 11.7. The van der Waals surface area contributed by atoms with Crippen molar-refractivity contribution >= 4 is 12.1 Å². The molecular weight excluding hydrogens is 246 g/mol. The van der Waals surface area contributed by atoms with E-state index in [9.17, 15) is 9.59 Å². The molecule has 0 saturated carbocycles. The van der Waals surface area contributed by atoms with Gasteiger partial charge in [0.2, 0.25) is 0 Å². The number of ether oxygens (including phenoxy) is 2. The van der Waals surface area contributed by atoms with Crippen LogP contribution < -0.4 is 5.32 Å². The summed E-state index contributed by atoms with van der Waals surface area (Å²) < 4.78 is 9.70. The van der Waals surface area contributed by atoms with Gasteiger partial charge in [0.25, 0.3) is 0 Å². The summed E-state index contributed by atoms with van der Waals surface area (Å²) in [6.07, 6.45) is 3.15. The van der Waals surface area contributed by atoms with E-state index in [4.69, 9.17) is 4.74 Å². The molecule has 0 unspecified atom stereocenters. The fourth-order valence-electron chi connectivity index (χ4n) is 1.42. The van der Waals surface area contributed by atoms with Gasteiger partial charge in [0, 0.05) is 6.08 Å². The van der Waals surface area contributed by atoms with Gasteiger partial charge in [0.15, 0.2) is 0 Å². The molecule has 0 fully saturated rings. The molecule has 19 heavy (non-hydrogen) atoms. The lowest BCUT2D eigenvalue weighted by atomic mass is 10.0. The number of esters is 1. The molecule has 110 valence electrons. The van der Waals surface area contributed by atoms with Crippen LogP contribution in [0.25, 0.3) is 0 Å². The van der Waals surface area contributed by atoms with Crippen molar-refractivity contribution in [2.75, 3.05) is 7.11 Å². The molecule has 0 aliphatic rings. The number of amides is 1. The summed E-state index contributed by atoms with van der Waals surface area (Å²) in [6, 6.07) is -0.256. The summed E-state index contributed by atoms with van der Waals surface area (Å²) in [6.45, 7) is 9.47. The average Bonchev–Trinajstić information content (AvgIpc) is 2.21. The van der Waals surface area contributed by atoms with Crippen LogP contribution in [0.2, 0.25) is 0 Å². The number of nitrogens with one attached hydrogen (secondary N) is 1. The van der Waals surface area contributed by atoms with E-state index in [0.717, 1.165) is 0 Å². The number of carbonyl (C=O) groups is 2. The van der Waals surface area contributed by atoms with Crippen molar-refractivity contribution in [3.05, 3.63) is 12.2 Å². The van der Waals surface area contributed by atoms with Gasteiger partial charge in [-0.25, -0.2) is 9.59 Å². The number of hydrogen-bond donors (Lipinski definition) is 1. The Bertz CT molecular complexity index is 329. The SMILES string of the molecule is COC(=O)C=C[C@H](CC(C)C)NC(=O)OC(C)(C)C. The summed E-state index contributed by atoms with van der Waals surface area (Å²) in [7, 11) is 1.31. The number of methoxy groups -OCH3 is 1. The molecule has 0 aromatic rings. The second-order valence-electron chi connectivity index (χ2n) is 5.76. The topological polar surface area (TPSA) is 64.6 Å². The van der Waals surface area contributed by atoms with Crippen LogP contribution in [0, 0.1) is 5.92 Å². The largest absolute Gasteiger partial charge is 0.466 e. The van der Waals surface area contributed by atoms with Crippen LogP contribution in [0.3, 0.4) is 0 Å². The molecule has 5 heteroatoms. The van der Waals surface area contributed by atoms with Crippen molar-refractivity contribution in [2.45, 2.75) is 52.7 Å². The Morgan fingerprint density at radius 3 is 2.26 bits per heavy atom. The van der Waals surface area contributed by atoms with Gasteiger partial charge in [0.05, 0.1) is 13.2 Å². The average molecular weight is 271 g/mol. The summed E-state index contributed by atoms with van der Waals surface area (Å²) in [5.74, 6) is -0.0676. The van der Waals surface area contributed by atoms with Crippen molar-refractivity contribution in [3.63, 3.8) is 0 Å². The van der Waals surface area contributed by atoms with Crippen LogP contribution >= 0.6 is 0 Å². The first kappa shape index (κ1) is 17.5. The molecule has 0 spiro atoms. The van der Waals surface area contributed by atoms with Crippen molar-refractivity contribution in [2.24, 2.45) is 5.92 Å². The van der Waals surface area contributed by atoms with E-state index >= 15 is 0 Å². The van der Waals surface area contributed by atoms with E-state index in [1.54, 1.807) is 26.8 Å². The van der Waals surface area contributed by atoms with Crippen LogP contribution in [0.15, 0.2) is 12.2 Å². The van der Waals surface area contributed by atoms with Gasteiger partial charge in [0.1, 0.15) is 5.60 Å². The van der Waals surface area contributed by atoms with Crippen LogP contribution in [0.5, 0.6) is 0 Å². The second kappa shape index (κ2) is 7.81. The predicted octanol–water partition coefficient (Wildman–Crippen LogP) is 2.66. The van der Waals surface area contributed by atoms with Crippen LogP contribution in [0.4, 0.5) is 4.79 Å². The van der Waals surface area contributed by atoms with Crippen LogP contribution in [-0.4, -0.2) is 30.8 Å². The van der Waals surface area contributed by atoms with Crippen molar-refractivity contribution in [3.8, 4) is 0 Å². The summed E-state index contributed by atoms with van der Waals surface area (Å²) in [4.78, 5) is 22.7.